The molecular formula is C22H22Cl2N2OS. The lowest BCUT2D eigenvalue weighted by atomic mass is 10.1. The van der Waals surface area contributed by atoms with Crippen LogP contribution in [0, 0.1) is 0 Å². The van der Waals surface area contributed by atoms with Crippen LogP contribution in [-0.2, 0) is 17.6 Å². The number of rotatable bonds is 5. The van der Waals surface area contributed by atoms with Crippen LogP contribution in [0.25, 0.3) is 10.9 Å². The van der Waals surface area contributed by atoms with E-state index >= 15 is 0 Å². The molecule has 1 unspecified atom stereocenters. The zero-order valence-corrected chi connectivity index (χ0v) is 17.8. The Morgan fingerprint density at radius 2 is 1.89 bits per heavy atom. The maximum Gasteiger partial charge on any atom is 0.153 e. The Labute approximate surface area is 178 Å². The first-order valence-electron chi connectivity index (χ1n) is 9.52. The lowest BCUT2D eigenvalue weighted by Gasteiger charge is -2.32. The highest BCUT2D eigenvalue weighted by Gasteiger charge is 2.29. The first-order chi connectivity index (χ1) is 13.6. The molecule has 146 valence electrons. The normalized spacial score (nSPS) is 17.1. The summed E-state index contributed by atoms with van der Waals surface area (Å²) in [4.78, 5) is 7.68. The number of fused-ring (bicyclic) bond motifs is 1. The third-order valence-electron chi connectivity index (χ3n) is 5.36. The molecule has 2 aromatic carbocycles. The zero-order valence-electron chi connectivity index (χ0n) is 15.5. The minimum absolute atomic E-state index is 0.212. The number of likely N-dealkylation sites (tertiary alicyclic amines) is 1. The van der Waals surface area contributed by atoms with E-state index in [0.717, 1.165) is 65.3 Å². The molecule has 0 radical (unpaired) electrons. The Morgan fingerprint density at radius 1 is 1.07 bits per heavy atom. The van der Waals surface area contributed by atoms with Gasteiger partial charge in [-0.15, -0.1) is 0 Å². The molecule has 1 aromatic heterocycles. The topological polar surface area (TPSA) is 39.2 Å². The molecule has 3 aromatic rings. The summed E-state index contributed by atoms with van der Waals surface area (Å²) < 4.78 is 13.0. The van der Waals surface area contributed by atoms with Gasteiger partial charge in [0.2, 0.25) is 0 Å². The van der Waals surface area contributed by atoms with Gasteiger partial charge in [-0.25, -0.2) is 0 Å². The Bertz CT molecular complexity index is 960. The van der Waals surface area contributed by atoms with Gasteiger partial charge < -0.3 is 9.45 Å². The average molecular weight is 433 g/mol. The van der Waals surface area contributed by atoms with Crippen molar-refractivity contribution in [3.63, 3.8) is 0 Å². The lowest BCUT2D eigenvalue weighted by Crippen LogP contribution is -2.40. The van der Waals surface area contributed by atoms with Gasteiger partial charge in [0.05, 0.1) is 5.52 Å². The smallest absolute Gasteiger partial charge is 0.153 e. The highest BCUT2D eigenvalue weighted by atomic mass is 35.5. The number of piperidine rings is 1. The summed E-state index contributed by atoms with van der Waals surface area (Å²) >= 11 is 11.3. The predicted octanol–water partition coefficient (Wildman–Crippen LogP) is 5.36. The van der Waals surface area contributed by atoms with Crippen molar-refractivity contribution in [1.82, 2.24) is 9.88 Å². The lowest BCUT2D eigenvalue weighted by molar-refractivity contribution is 0.232. The summed E-state index contributed by atoms with van der Waals surface area (Å²) in [5, 5.41) is 2.66. The largest absolute Gasteiger partial charge is 0.611 e. The summed E-state index contributed by atoms with van der Waals surface area (Å²) in [7, 11) is 0. The van der Waals surface area contributed by atoms with E-state index in [2.05, 4.69) is 9.88 Å². The van der Waals surface area contributed by atoms with Crippen molar-refractivity contribution in [3.05, 3.63) is 70.3 Å². The second-order valence-electron chi connectivity index (χ2n) is 7.18. The molecule has 4 rings (SSSR count). The molecule has 0 saturated carbocycles. The van der Waals surface area contributed by atoms with Crippen molar-refractivity contribution >= 4 is 45.3 Å². The van der Waals surface area contributed by atoms with Crippen LogP contribution in [0.2, 0.25) is 10.0 Å². The second-order valence-corrected chi connectivity index (χ2v) is 9.76. The van der Waals surface area contributed by atoms with Gasteiger partial charge in [-0.1, -0.05) is 35.3 Å². The molecule has 0 bridgehead atoms. The molecule has 0 N–H and O–H groups in total. The first kappa shape index (κ1) is 20.0. The fraction of sp³-hybridized carbons (Fsp3) is 0.318. The Hall–Kier alpha value is -1.30. The van der Waals surface area contributed by atoms with Crippen molar-refractivity contribution in [2.24, 2.45) is 0 Å². The third-order valence-corrected chi connectivity index (χ3v) is 7.74. The number of aromatic nitrogens is 1. The van der Waals surface area contributed by atoms with E-state index in [-0.39, 0.29) is 5.25 Å². The third kappa shape index (κ3) is 4.64. The van der Waals surface area contributed by atoms with Gasteiger partial charge in [0.15, 0.2) is 4.90 Å². The van der Waals surface area contributed by atoms with Crippen LogP contribution >= 0.6 is 23.2 Å². The molecule has 0 amide bonds. The fourth-order valence-corrected chi connectivity index (χ4v) is 5.69. The van der Waals surface area contributed by atoms with Crippen LogP contribution in [0.5, 0.6) is 0 Å². The maximum atomic E-state index is 13.0. The molecule has 0 spiro atoms. The second kappa shape index (κ2) is 9.02. The van der Waals surface area contributed by atoms with Gasteiger partial charge in [0.1, 0.15) is 5.25 Å². The molecule has 1 fully saturated rings. The molecule has 2 heterocycles. The summed E-state index contributed by atoms with van der Waals surface area (Å²) in [6.07, 6.45) is 4.59. The van der Waals surface area contributed by atoms with Crippen LogP contribution in [-0.4, -0.2) is 39.3 Å². The Morgan fingerprint density at radius 3 is 2.68 bits per heavy atom. The number of halogens is 2. The zero-order chi connectivity index (χ0) is 19.5. The van der Waals surface area contributed by atoms with Crippen LogP contribution in [0.3, 0.4) is 0 Å². The summed E-state index contributed by atoms with van der Waals surface area (Å²) in [6.45, 7) is 2.90. The fourth-order valence-electron chi connectivity index (χ4n) is 3.72. The van der Waals surface area contributed by atoms with Crippen molar-refractivity contribution < 1.29 is 4.55 Å². The average Bonchev–Trinajstić information content (AvgIpc) is 2.72. The molecule has 1 aliphatic heterocycles. The number of hydrogen-bond donors (Lipinski definition) is 0. The standard InChI is InChI=1S/C22H22Cl2N2OS/c23-18-4-3-16(21(24)15-18)7-11-26-12-8-19(9-13-26)28(27)20-5-6-22-17(14-20)2-1-10-25-22/h1-6,10,14-15,19H,7-9,11-13H2. The van der Waals surface area contributed by atoms with E-state index in [9.17, 15) is 4.55 Å². The maximum absolute atomic E-state index is 13.0. The molecule has 3 nitrogen and oxygen atoms in total. The predicted molar refractivity (Wildman–Crippen MR) is 118 cm³/mol. The molecule has 1 saturated heterocycles. The van der Waals surface area contributed by atoms with E-state index in [1.807, 2.05) is 42.5 Å². The molecule has 6 heteroatoms. The van der Waals surface area contributed by atoms with E-state index in [1.54, 1.807) is 12.3 Å². The quantitative estimate of drug-likeness (QED) is 0.509. The molecular weight excluding hydrogens is 411 g/mol. The van der Waals surface area contributed by atoms with Crippen molar-refractivity contribution in [3.8, 4) is 0 Å². The van der Waals surface area contributed by atoms with Crippen LogP contribution in [0.4, 0.5) is 0 Å². The van der Waals surface area contributed by atoms with Crippen LogP contribution in [0.15, 0.2) is 59.6 Å². The van der Waals surface area contributed by atoms with Crippen molar-refractivity contribution in [2.75, 3.05) is 19.6 Å². The SMILES string of the molecule is [O-][S+](c1ccc2ncccc2c1)C1CCN(CCc2ccc(Cl)cc2Cl)CC1. The highest BCUT2D eigenvalue weighted by Crippen LogP contribution is 2.27. The first-order valence-corrected chi connectivity index (χ1v) is 11.5. The van der Waals surface area contributed by atoms with Gasteiger partial charge in [-0.2, -0.15) is 0 Å². The summed E-state index contributed by atoms with van der Waals surface area (Å²) in [5.41, 5.74) is 2.07. The van der Waals surface area contributed by atoms with Gasteiger partial charge in [0, 0.05) is 60.2 Å². The van der Waals surface area contributed by atoms with Gasteiger partial charge in [-0.05, 0) is 53.5 Å². The number of benzene rings is 2. The molecule has 28 heavy (non-hydrogen) atoms. The van der Waals surface area contributed by atoms with E-state index in [0.29, 0.717) is 5.02 Å². The minimum Gasteiger partial charge on any atom is -0.611 e. The van der Waals surface area contributed by atoms with Crippen molar-refractivity contribution in [1.29, 1.82) is 0 Å². The Balaban J connectivity index is 1.32. The monoisotopic (exact) mass is 432 g/mol. The van der Waals surface area contributed by atoms with Gasteiger partial charge in [-0.3, -0.25) is 4.98 Å². The van der Waals surface area contributed by atoms with Gasteiger partial charge >= 0.3 is 0 Å². The van der Waals surface area contributed by atoms with Gasteiger partial charge in [0.25, 0.3) is 0 Å². The highest BCUT2D eigenvalue weighted by molar-refractivity contribution is 7.92. The minimum atomic E-state index is -0.977. The Kier molecular flexibility index (Phi) is 6.44. The van der Waals surface area contributed by atoms with Crippen LogP contribution in [0.1, 0.15) is 18.4 Å². The summed E-state index contributed by atoms with van der Waals surface area (Å²) in [6, 6.07) is 15.6. The van der Waals surface area contributed by atoms with E-state index in [4.69, 9.17) is 23.2 Å². The number of nitrogens with zero attached hydrogens (tertiary/aromatic N) is 2. The summed E-state index contributed by atoms with van der Waals surface area (Å²) in [5.74, 6) is 0. The number of pyridine rings is 1. The van der Waals surface area contributed by atoms with E-state index < -0.39 is 11.2 Å². The molecule has 0 aliphatic carbocycles. The van der Waals surface area contributed by atoms with Crippen molar-refractivity contribution in [2.45, 2.75) is 29.4 Å². The van der Waals surface area contributed by atoms with Crippen LogP contribution < -0.4 is 0 Å². The molecule has 1 atom stereocenters. The molecule has 1 aliphatic rings. The number of hydrogen-bond acceptors (Lipinski definition) is 3. The van der Waals surface area contributed by atoms with E-state index in [1.165, 1.54) is 0 Å².